The second-order valence-corrected chi connectivity index (χ2v) is 8.47. The molecule has 9 nitrogen and oxygen atoms in total. The van der Waals surface area contributed by atoms with Gasteiger partial charge in [0.05, 0.1) is 23.1 Å². The van der Waals surface area contributed by atoms with Crippen LogP contribution in [0.3, 0.4) is 0 Å². The van der Waals surface area contributed by atoms with Crippen LogP contribution >= 0.6 is 0 Å². The maximum Gasteiger partial charge on any atom is 0.329 e. The number of carbonyl (C=O) groups excluding carboxylic acids is 2. The van der Waals surface area contributed by atoms with Crippen LogP contribution in [0.4, 0.5) is 0 Å². The second-order valence-electron chi connectivity index (χ2n) is 8.47. The lowest BCUT2D eigenvalue weighted by molar-refractivity contribution is -0.149. The third-order valence-corrected chi connectivity index (χ3v) is 6.38. The maximum absolute atomic E-state index is 13.3. The molecule has 170 valence electrons. The largest absolute Gasteiger partial charge is 0.459 e. The Morgan fingerprint density at radius 1 is 1.18 bits per heavy atom. The molecule has 1 unspecified atom stereocenters. The van der Waals surface area contributed by atoms with Crippen molar-refractivity contribution < 1.29 is 14.3 Å². The smallest absolute Gasteiger partial charge is 0.329 e. The predicted octanol–water partition coefficient (Wildman–Crippen LogP) is 2.10. The van der Waals surface area contributed by atoms with E-state index in [9.17, 15) is 14.4 Å². The van der Waals surface area contributed by atoms with E-state index >= 15 is 0 Å². The van der Waals surface area contributed by atoms with Crippen molar-refractivity contribution in [2.75, 3.05) is 6.54 Å². The number of hydrogen-bond donors (Lipinski definition) is 1. The molecule has 1 amide bonds. The van der Waals surface area contributed by atoms with E-state index in [0.717, 1.165) is 42.5 Å². The fourth-order valence-corrected chi connectivity index (χ4v) is 4.60. The molecule has 9 heteroatoms. The number of aromatic nitrogens is 4. The van der Waals surface area contributed by atoms with Gasteiger partial charge in [-0.3, -0.25) is 14.6 Å². The van der Waals surface area contributed by atoms with Gasteiger partial charge in [0.2, 0.25) is 5.95 Å². The lowest BCUT2D eigenvalue weighted by atomic mass is 10.2. The van der Waals surface area contributed by atoms with Crippen molar-refractivity contribution in [2.24, 2.45) is 0 Å². The van der Waals surface area contributed by atoms with E-state index in [1.165, 1.54) is 10.9 Å². The molecule has 1 saturated heterocycles. The number of esters is 1. The number of amides is 1. The van der Waals surface area contributed by atoms with Gasteiger partial charge in [-0.05, 0) is 44.6 Å². The van der Waals surface area contributed by atoms with Crippen molar-refractivity contribution in [1.29, 1.82) is 0 Å². The van der Waals surface area contributed by atoms with Gasteiger partial charge in [-0.1, -0.05) is 30.3 Å². The number of nitrogens with one attached hydrogen (secondary N) is 1. The Balaban J connectivity index is 1.34. The number of aryl methyl sites for hydroxylation is 1. The number of aromatic amines is 1. The van der Waals surface area contributed by atoms with Gasteiger partial charge in [-0.2, -0.15) is 5.10 Å². The molecule has 0 bridgehead atoms. The molecule has 1 atom stereocenters. The molecule has 0 saturated carbocycles. The molecule has 1 fully saturated rings. The Morgan fingerprint density at radius 2 is 2.00 bits per heavy atom. The van der Waals surface area contributed by atoms with Crippen LogP contribution in [0.1, 0.15) is 52.1 Å². The molecule has 0 radical (unpaired) electrons. The quantitative estimate of drug-likeness (QED) is 0.600. The molecule has 3 aromatic rings. The van der Waals surface area contributed by atoms with E-state index < -0.39 is 12.0 Å². The van der Waals surface area contributed by atoms with Crippen molar-refractivity contribution in [3.63, 3.8) is 0 Å². The van der Waals surface area contributed by atoms with Crippen LogP contribution in [0.5, 0.6) is 0 Å². The van der Waals surface area contributed by atoms with Crippen LogP contribution in [0.25, 0.3) is 5.95 Å². The van der Waals surface area contributed by atoms with Gasteiger partial charge < -0.3 is 9.64 Å². The average molecular weight is 447 g/mol. The normalized spacial score (nSPS) is 17.2. The zero-order valence-electron chi connectivity index (χ0n) is 18.4. The number of H-pyrrole nitrogens is 1. The Labute approximate surface area is 190 Å². The molecule has 2 aliphatic rings. The Bertz CT molecular complexity index is 1260. The third kappa shape index (κ3) is 3.94. The minimum Gasteiger partial charge on any atom is -0.459 e. The fourth-order valence-electron chi connectivity index (χ4n) is 4.60. The topological polar surface area (TPSA) is 110 Å². The van der Waals surface area contributed by atoms with Crippen LogP contribution in [-0.2, 0) is 29.0 Å². The first-order valence-corrected chi connectivity index (χ1v) is 11.2. The number of carbonyl (C=O) groups is 2. The Morgan fingerprint density at radius 3 is 2.82 bits per heavy atom. The molecule has 33 heavy (non-hydrogen) atoms. The molecule has 1 aliphatic heterocycles. The highest BCUT2D eigenvalue weighted by Crippen LogP contribution is 2.24. The summed E-state index contributed by atoms with van der Waals surface area (Å²) in [5.74, 6) is -0.377. The summed E-state index contributed by atoms with van der Waals surface area (Å²) in [6.45, 7) is 2.40. The van der Waals surface area contributed by atoms with E-state index in [4.69, 9.17) is 4.74 Å². The molecule has 1 aromatic carbocycles. The minimum absolute atomic E-state index is 0.156. The predicted molar refractivity (Wildman–Crippen MR) is 119 cm³/mol. The molecule has 1 aliphatic carbocycles. The standard InChI is InChI=1S/C24H25N5O4/c1-15-18(13-25-29(15)24-26-19-10-5-9-17(19)21(30)27-24)22(31)28-12-6-11-20(28)23(32)33-14-16-7-3-2-4-8-16/h2-4,7-8,13,20H,5-6,9-12,14H2,1H3,(H,26,27,30). The van der Waals surface area contributed by atoms with E-state index in [-0.39, 0.29) is 18.1 Å². The number of hydrogen-bond acceptors (Lipinski definition) is 6. The first-order chi connectivity index (χ1) is 16.0. The summed E-state index contributed by atoms with van der Waals surface area (Å²) < 4.78 is 6.96. The summed E-state index contributed by atoms with van der Waals surface area (Å²) >= 11 is 0. The van der Waals surface area contributed by atoms with Crippen LogP contribution in [0.15, 0.2) is 41.3 Å². The highest BCUT2D eigenvalue weighted by atomic mass is 16.5. The summed E-state index contributed by atoms with van der Waals surface area (Å²) in [5, 5.41) is 4.31. The zero-order valence-corrected chi connectivity index (χ0v) is 18.4. The first-order valence-electron chi connectivity index (χ1n) is 11.2. The summed E-state index contributed by atoms with van der Waals surface area (Å²) in [5.41, 5.74) is 3.20. The Hall–Kier alpha value is -3.75. The Kier molecular flexibility index (Phi) is 5.53. The van der Waals surface area contributed by atoms with Crippen molar-refractivity contribution in [1.82, 2.24) is 24.6 Å². The molecule has 1 N–H and O–H groups in total. The second kappa shape index (κ2) is 8.65. The number of rotatable bonds is 5. The number of nitrogens with zero attached hydrogens (tertiary/aromatic N) is 4. The van der Waals surface area contributed by atoms with Crippen LogP contribution < -0.4 is 5.56 Å². The highest BCUT2D eigenvalue weighted by molar-refractivity contribution is 5.98. The molecular formula is C24H25N5O4. The van der Waals surface area contributed by atoms with Crippen molar-refractivity contribution in [3.8, 4) is 5.95 Å². The van der Waals surface area contributed by atoms with Crippen molar-refractivity contribution in [3.05, 3.63) is 75.0 Å². The summed E-state index contributed by atoms with van der Waals surface area (Å²) in [7, 11) is 0. The van der Waals surface area contributed by atoms with E-state index in [0.29, 0.717) is 30.2 Å². The fraction of sp³-hybridized carbons (Fsp3) is 0.375. The SMILES string of the molecule is Cc1c(C(=O)N2CCCC2C(=O)OCc2ccccc2)cnn1-c1nc2c(c(=O)[nH]1)CCC2. The van der Waals surface area contributed by atoms with Gasteiger partial charge in [-0.15, -0.1) is 0 Å². The number of ether oxygens (including phenoxy) is 1. The first kappa shape index (κ1) is 21.1. The van der Waals surface area contributed by atoms with Crippen LogP contribution in [-0.4, -0.2) is 49.1 Å². The zero-order chi connectivity index (χ0) is 22.9. The third-order valence-electron chi connectivity index (χ3n) is 6.38. The van der Waals surface area contributed by atoms with Crippen molar-refractivity contribution >= 4 is 11.9 Å². The number of benzene rings is 1. The molecule has 3 heterocycles. The highest BCUT2D eigenvalue weighted by Gasteiger charge is 2.37. The van der Waals surface area contributed by atoms with Crippen LogP contribution in [0, 0.1) is 6.92 Å². The summed E-state index contributed by atoms with van der Waals surface area (Å²) in [6, 6.07) is 8.83. The van der Waals surface area contributed by atoms with Gasteiger partial charge >= 0.3 is 5.97 Å². The average Bonchev–Trinajstić information content (AvgIpc) is 3.57. The lowest BCUT2D eigenvalue weighted by Crippen LogP contribution is -2.41. The molecular weight excluding hydrogens is 422 g/mol. The van der Waals surface area contributed by atoms with Crippen molar-refractivity contribution in [2.45, 2.75) is 51.7 Å². The van der Waals surface area contributed by atoms with Gasteiger partial charge in [0, 0.05) is 12.1 Å². The molecule has 0 spiro atoms. The van der Waals surface area contributed by atoms with E-state index in [2.05, 4.69) is 15.1 Å². The lowest BCUT2D eigenvalue weighted by Gasteiger charge is -2.23. The number of fused-ring (bicyclic) bond motifs is 1. The maximum atomic E-state index is 13.3. The minimum atomic E-state index is -0.623. The van der Waals surface area contributed by atoms with E-state index in [1.54, 1.807) is 11.8 Å². The van der Waals surface area contributed by atoms with E-state index in [1.807, 2.05) is 30.3 Å². The van der Waals surface area contributed by atoms with Gasteiger partial charge in [0.1, 0.15) is 12.6 Å². The summed E-state index contributed by atoms with van der Waals surface area (Å²) in [4.78, 5) is 47.3. The van der Waals surface area contributed by atoms with Gasteiger partial charge in [0.25, 0.3) is 11.5 Å². The molecule has 5 rings (SSSR count). The summed E-state index contributed by atoms with van der Waals surface area (Å²) in [6.07, 6.45) is 5.16. The monoisotopic (exact) mass is 447 g/mol. The number of likely N-dealkylation sites (tertiary alicyclic amines) is 1. The van der Waals surface area contributed by atoms with Crippen LogP contribution in [0.2, 0.25) is 0 Å². The van der Waals surface area contributed by atoms with Gasteiger partial charge in [-0.25, -0.2) is 14.5 Å². The van der Waals surface area contributed by atoms with Gasteiger partial charge in [0.15, 0.2) is 0 Å². The molecule has 2 aromatic heterocycles.